The van der Waals surface area contributed by atoms with E-state index in [2.05, 4.69) is 0 Å². The zero-order valence-corrected chi connectivity index (χ0v) is 9.78. The van der Waals surface area contributed by atoms with Crippen LogP contribution in [0, 0.1) is 0 Å². The van der Waals surface area contributed by atoms with E-state index < -0.39 is 21.1 Å². The normalized spacial score (nSPS) is 13.4. The van der Waals surface area contributed by atoms with Crippen LogP contribution in [-0.4, -0.2) is 30.5 Å². The van der Waals surface area contributed by atoms with Gasteiger partial charge in [0.1, 0.15) is 0 Å². The number of ketones is 1. The van der Waals surface area contributed by atoms with Crippen molar-refractivity contribution in [2.45, 2.75) is 18.8 Å². The number of aliphatic hydroxyl groups excluding tert-OH is 1. The van der Waals surface area contributed by atoms with Gasteiger partial charge in [0, 0.05) is 5.56 Å². The zero-order chi connectivity index (χ0) is 12.2. The van der Waals surface area contributed by atoms with E-state index in [1.165, 1.54) is 12.1 Å². The molecular formula is C11H14O4S. The van der Waals surface area contributed by atoms with Gasteiger partial charge in [0.25, 0.3) is 0 Å². The number of benzene rings is 1. The van der Waals surface area contributed by atoms with E-state index in [1.54, 1.807) is 25.1 Å². The Bertz CT molecular complexity index is 450. The van der Waals surface area contributed by atoms with Crippen LogP contribution in [0.3, 0.4) is 0 Å². The van der Waals surface area contributed by atoms with Crippen LogP contribution >= 0.6 is 0 Å². The molecule has 0 saturated carbocycles. The molecule has 0 aliphatic rings. The Hall–Kier alpha value is -1.20. The molecule has 0 aliphatic heterocycles. The van der Waals surface area contributed by atoms with Crippen LogP contribution in [0.2, 0.25) is 0 Å². The maximum Gasteiger partial charge on any atom is 0.219 e. The predicted molar refractivity (Wildman–Crippen MR) is 60.9 cm³/mol. The molecule has 1 rings (SSSR count). The average Bonchev–Trinajstić information content (AvgIpc) is 2.28. The lowest BCUT2D eigenvalue weighted by atomic mass is 10.1. The molecule has 1 atom stereocenters. The lowest BCUT2D eigenvalue weighted by Gasteiger charge is -2.09. The van der Waals surface area contributed by atoms with Gasteiger partial charge in [-0.05, 0) is 6.42 Å². The molecule has 1 N–H and O–H groups in total. The van der Waals surface area contributed by atoms with Crippen LogP contribution in [0.5, 0.6) is 0 Å². The SMILES string of the molecule is CCCS(=O)(=O)C(O)C(=O)c1ccccc1. The molecule has 1 aromatic carbocycles. The lowest BCUT2D eigenvalue weighted by molar-refractivity contribution is 0.0858. The number of hydrogen-bond acceptors (Lipinski definition) is 4. The van der Waals surface area contributed by atoms with Crippen LogP contribution in [0.1, 0.15) is 23.7 Å². The molecule has 0 aliphatic carbocycles. The Kier molecular flexibility index (Phi) is 4.20. The summed E-state index contributed by atoms with van der Waals surface area (Å²) in [7, 11) is -3.75. The van der Waals surface area contributed by atoms with Gasteiger partial charge in [0.05, 0.1) is 5.75 Å². The van der Waals surface area contributed by atoms with E-state index in [0.717, 1.165) is 0 Å². The van der Waals surface area contributed by atoms with Gasteiger partial charge >= 0.3 is 0 Å². The van der Waals surface area contributed by atoms with Gasteiger partial charge in [-0.3, -0.25) is 4.79 Å². The molecule has 0 spiro atoms. The Balaban J connectivity index is 2.92. The van der Waals surface area contributed by atoms with E-state index in [4.69, 9.17) is 0 Å². The molecule has 0 aromatic heterocycles. The van der Waals surface area contributed by atoms with Crippen LogP contribution in [0.15, 0.2) is 30.3 Å². The monoisotopic (exact) mass is 242 g/mol. The van der Waals surface area contributed by atoms with E-state index in [0.29, 0.717) is 6.42 Å². The molecular weight excluding hydrogens is 228 g/mol. The van der Waals surface area contributed by atoms with Crippen molar-refractivity contribution in [3.05, 3.63) is 35.9 Å². The van der Waals surface area contributed by atoms with Crippen molar-refractivity contribution in [1.29, 1.82) is 0 Å². The third-order valence-corrected chi connectivity index (χ3v) is 3.98. The first-order valence-corrected chi connectivity index (χ1v) is 6.69. The van der Waals surface area contributed by atoms with Crippen LogP contribution in [0.4, 0.5) is 0 Å². The molecule has 0 saturated heterocycles. The number of Topliss-reactive ketones (excluding diaryl/α,β-unsaturated/α-hetero) is 1. The third-order valence-electron chi connectivity index (χ3n) is 2.11. The van der Waals surface area contributed by atoms with E-state index in [1.807, 2.05) is 0 Å². The summed E-state index contributed by atoms with van der Waals surface area (Å²) in [6.07, 6.45) is 0.376. The first-order chi connectivity index (χ1) is 7.49. The summed E-state index contributed by atoms with van der Waals surface area (Å²) in [5.74, 6) is -0.957. The maximum atomic E-state index is 11.6. The summed E-state index contributed by atoms with van der Waals surface area (Å²) in [5, 5.41) is 9.49. The molecule has 4 nitrogen and oxygen atoms in total. The van der Waals surface area contributed by atoms with Crippen molar-refractivity contribution < 1.29 is 18.3 Å². The molecule has 16 heavy (non-hydrogen) atoms. The van der Waals surface area contributed by atoms with Gasteiger partial charge in [-0.1, -0.05) is 37.3 Å². The van der Waals surface area contributed by atoms with Crippen LogP contribution in [0.25, 0.3) is 0 Å². The van der Waals surface area contributed by atoms with Crippen molar-refractivity contribution >= 4 is 15.6 Å². The van der Waals surface area contributed by atoms with Crippen molar-refractivity contribution in [2.75, 3.05) is 5.75 Å². The Labute approximate surface area is 94.8 Å². The number of aliphatic hydroxyl groups is 1. The number of sulfone groups is 1. The summed E-state index contributed by atoms with van der Waals surface area (Å²) in [4.78, 5) is 11.6. The average molecular weight is 242 g/mol. The Morgan fingerprint density at radius 3 is 2.38 bits per heavy atom. The molecule has 0 bridgehead atoms. The molecule has 0 heterocycles. The highest BCUT2D eigenvalue weighted by Gasteiger charge is 2.29. The maximum absolute atomic E-state index is 11.6. The van der Waals surface area contributed by atoms with Crippen molar-refractivity contribution in [3.63, 3.8) is 0 Å². The molecule has 88 valence electrons. The second-order valence-electron chi connectivity index (χ2n) is 3.45. The highest BCUT2D eigenvalue weighted by Crippen LogP contribution is 2.09. The first-order valence-electron chi connectivity index (χ1n) is 4.98. The summed E-state index contributed by atoms with van der Waals surface area (Å²) < 4.78 is 22.9. The minimum Gasteiger partial charge on any atom is -0.371 e. The topological polar surface area (TPSA) is 71.4 Å². The predicted octanol–water partition coefficient (Wildman–Crippen LogP) is 1.01. The molecule has 0 fully saturated rings. The molecule has 1 unspecified atom stereocenters. The number of carbonyl (C=O) groups is 1. The summed E-state index contributed by atoms with van der Waals surface area (Å²) >= 11 is 0. The fourth-order valence-corrected chi connectivity index (χ4v) is 2.56. The smallest absolute Gasteiger partial charge is 0.219 e. The summed E-state index contributed by atoms with van der Waals surface area (Å²) in [5.41, 5.74) is -1.75. The van der Waals surface area contributed by atoms with Gasteiger partial charge < -0.3 is 5.11 Å². The van der Waals surface area contributed by atoms with Gasteiger partial charge in [0.15, 0.2) is 9.84 Å². The van der Waals surface area contributed by atoms with Crippen LogP contribution < -0.4 is 0 Å². The Morgan fingerprint density at radius 1 is 1.31 bits per heavy atom. The molecule has 5 heteroatoms. The van der Waals surface area contributed by atoms with Crippen molar-refractivity contribution in [1.82, 2.24) is 0 Å². The second kappa shape index (κ2) is 5.23. The van der Waals surface area contributed by atoms with Crippen molar-refractivity contribution in [2.24, 2.45) is 0 Å². The zero-order valence-electron chi connectivity index (χ0n) is 8.96. The minimum absolute atomic E-state index is 0.188. The molecule has 0 amide bonds. The minimum atomic E-state index is -3.75. The highest BCUT2D eigenvalue weighted by molar-refractivity contribution is 7.92. The third kappa shape index (κ3) is 2.90. The summed E-state index contributed by atoms with van der Waals surface area (Å²) in [6, 6.07) is 7.91. The van der Waals surface area contributed by atoms with Gasteiger partial charge in [-0.25, -0.2) is 8.42 Å². The summed E-state index contributed by atoms with van der Waals surface area (Å²) in [6.45, 7) is 1.68. The lowest BCUT2D eigenvalue weighted by Crippen LogP contribution is -2.31. The number of hydrogen-bond donors (Lipinski definition) is 1. The number of carbonyl (C=O) groups excluding carboxylic acids is 1. The fraction of sp³-hybridized carbons (Fsp3) is 0.364. The van der Waals surface area contributed by atoms with Crippen LogP contribution in [-0.2, 0) is 9.84 Å². The fourth-order valence-electron chi connectivity index (χ4n) is 1.30. The van der Waals surface area contributed by atoms with E-state index in [9.17, 15) is 18.3 Å². The molecule has 1 aromatic rings. The quantitative estimate of drug-likeness (QED) is 0.782. The van der Waals surface area contributed by atoms with E-state index >= 15 is 0 Å². The van der Waals surface area contributed by atoms with Gasteiger partial charge in [-0.15, -0.1) is 0 Å². The van der Waals surface area contributed by atoms with Crippen molar-refractivity contribution in [3.8, 4) is 0 Å². The van der Waals surface area contributed by atoms with Gasteiger partial charge in [0.2, 0.25) is 11.2 Å². The molecule has 0 radical (unpaired) electrons. The number of rotatable bonds is 5. The van der Waals surface area contributed by atoms with Gasteiger partial charge in [-0.2, -0.15) is 0 Å². The second-order valence-corrected chi connectivity index (χ2v) is 5.63. The van der Waals surface area contributed by atoms with E-state index in [-0.39, 0.29) is 11.3 Å². The largest absolute Gasteiger partial charge is 0.371 e. The standard InChI is InChI=1S/C11H14O4S/c1-2-8-16(14,15)11(13)10(12)9-6-4-3-5-7-9/h3-7,11,13H,2,8H2,1H3. The first kappa shape index (κ1) is 12.9. The highest BCUT2D eigenvalue weighted by atomic mass is 32.2. The Morgan fingerprint density at radius 2 is 1.88 bits per heavy atom.